The molecule has 0 heterocycles. The number of hydrogen-bond donors (Lipinski definition) is 0. The van der Waals surface area contributed by atoms with Crippen LogP contribution in [0.4, 0.5) is 0 Å². The summed E-state index contributed by atoms with van der Waals surface area (Å²) in [5.41, 5.74) is 3.01. The SMILES string of the molecule is CCOC#C[SiH](C)C. The molecule has 0 N–H and O–H groups in total. The minimum absolute atomic E-state index is 0.688. The molecule has 0 amide bonds. The highest BCUT2D eigenvalue weighted by molar-refractivity contribution is 6.64. The second-order valence-corrected chi connectivity index (χ2v) is 4.43. The minimum Gasteiger partial charge on any atom is -0.447 e. The molecular weight excluding hydrogens is 116 g/mol. The van der Waals surface area contributed by atoms with Crippen molar-refractivity contribution in [3.05, 3.63) is 0 Å². The Bertz CT molecular complexity index is 98.8. The molecule has 8 heavy (non-hydrogen) atoms. The maximum Gasteiger partial charge on any atom is 0.121 e. The van der Waals surface area contributed by atoms with E-state index in [1.165, 1.54) is 0 Å². The quantitative estimate of drug-likeness (QED) is 0.378. The first-order valence-corrected chi connectivity index (χ1v) is 5.78. The Balaban J connectivity index is 3.20. The van der Waals surface area contributed by atoms with Crippen LogP contribution >= 0.6 is 0 Å². The van der Waals surface area contributed by atoms with E-state index in [2.05, 4.69) is 24.7 Å². The number of hydrogen-bond acceptors (Lipinski definition) is 1. The van der Waals surface area contributed by atoms with Crippen molar-refractivity contribution in [3.63, 3.8) is 0 Å². The number of ether oxygens (including phenoxy) is 1. The Morgan fingerprint density at radius 2 is 2.12 bits per heavy atom. The Kier molecular flexibility index (Phi) is 4.48. The molecule has 0 aliphatic carbocycles. The molecule has 0 fully saturated rings. The molecule has 0 aliphatic heterocycles. The average molecular weight is 128 g/mol. The molecule has 2 heteroatoms. The van der Waals surface area contributed by atoms with Gasteiger partial charge < -0.3 is 4.74 Å². The van der Waals surface area contributed by atoms with Crippen LogP contribution in [0.25, 0.3) is 0 Å². The zero-order valence-electron chi connectivity index (χ0n) is 5.69. The van der Waals surface area contributed by atoms with E-state index in [-0.39, 0.29) is 0 Å². The summed E-state index contributed by atoms with van der Waals surface area (Å²) in [5.74, 6) is 0. The normalized spacial score (nSPS) is 8.00. The fraction of sp³-hybridized carbons (Fsp3) is 0.667. The van der Waals surface area contributed by atoms with Crippen molar-refractivity contribution in [2.45, 2.75) is 20.0 Å². The van der Waals surface area contributed by atoms with Crippen molar-refractivity contribution in [1.82, 2.24) is 0 Å². The van der Waals surface area contributed by atoms with Gasteiger partial charge in [-0.2, -0.15) is 0 Å². The van der Waals surface area contributed by atoms with Gasteiger partial charge in [0.1, 0.15) is 14.9 Å². The second kappa shape index (κ2) is 4.73. The average Bonchev–Trinajstić information content (AvgIpc) is 1.66. The first kappa shape index (κ1) is 7.58. The third-order valence-electron chi connectivity index (χ3n) is 0.564. The lowest BCUT2D eigenvalue weighted by Crippen LogP contribution is -1.93. The van der Waals surface area contributed by atoms with Gasteiger partial charge in [-0.1, -0.05) is 18.6 Å². The molecule has 0 bridgehead atoms. The van der Waals surface area contributed by atoms with E-state index >= 15 is 0 Å². The summed E-state index contributed by atoms with van der Waals surface area (Å²) in [5, 5.41) is 0. The van der Waals surface area contributed by atoms with Gasteiger partial charge in [0, 0.05) is 0 Å². The molecule has 0 spiro atoms. The third-order valence-corrected chi connectivity index (χ3v) is 1.26. The summed E-state index contributed by atoms with van der Waals surface area (Å²) < 4.78 is 4.82. The maximum atomic E-state index is 4.82. The van der Waals surface area contributed by atoms with E-state index in [9.17, 15) is 0 Å². The van der Waals surface area contributed by atoms with Crippen LogP contribution in [-0.4, -0.2) is 15.4 Å². The van der Waals surface area contributed by atoms with Crippen molar-refractivity contribution >= 4 is 8.80 Å². The molecule has 0 radical (unpaired) electrons. The van der Waals surface area contributed by atoms with Crippen LogP contribution in [0.3, 0.4) is 0 Å². The van der Waals surface area contributed by atoms with Gasteiger partial charge >= 0.3 is 0 Å². The molecule has 0 aromatic rings. The summed E-state index contributed by atoms with van der Waals surface area (Å²) >= 11 is 0. The molecule has 0 saturated heterocycles. The van der Waals surface area contributed by atoms with E-state index in [0.29, 0.717) is 6.61 Å². The molecule has 0 rings (SSSR count). The highest BCUT2D eigenvalue weighted by Gasteiger charge is 1.82. The molecular formula is C6H12OSi. The van der Waals surface area contributed by atoms with Crippen LogP contribution in [-0.2, 0) is 4.74 Å². The summed E-state index contributed by atoms with van der Waals surface area (Å²) in [6, 6.07) is 0. The van der Waals surface area contributed by atoms with Gasteiger partial charge in [-0.15, -0.1) is 0 Å². The molecule has 0 aromatic carbocycles. The molecule has 0 saturated carbocycles. The smallest absolute Gasteiger partial charge is 0.121 e. The van der Waals surface area contributed by atoms with Gasteiger partial charge in [-0.05, 0) is 6.92 Å². The molecule has 46 valence electrons. The van der Waals surface area contributed by atoms with Gasteiger partial charge in [0.05, 0.1) is 6.61 Å². The predicted molar refractivity (Wildman–Crippen MR) is 38.3 cm³/mol. The van der Waals surface area contributed by atoms with Crippen molar-refractivity contribution in [1.29, 1.82) is 0 Å². The van der Waals surface area contributed by atoms with Crippen LogP contribution in [0.1, 0.15) is 6.92 Å². The Hall–Kier alpha value is -0.423. The highest BCUT2D eigenvalue weighted by Crippen LogP contribution is 1.73. The van der Waals surface area contributed by atoms with E-state index in [1.807, 2.05) is 6.92 Å². The fourth-order valence-electron chi connectivity index (χ4n) is 0.232. The van der Waals surface area contributed by atoms with Gasteiger partial charge in [-0.25, -0.2) is 0 Å². The maximum absolute atomic E-state index is 4.82. The van der Waals surface area contributed by atoms with Gasteiger partial charge in [-0.3, -0.25) is 0 Å². The second-order valence-electron chi connectivity index (χ2n) is 1.83. The zero-order valence-corrected chi connectivity index (χ0v) is 6.85. The van der Waals surface area contributed by atoms with Crippen LogP contribution in [0, 0.1) is 11.7 Å². The van der Waals surface area contributed by atoms with Crippen molar-refractivity contribution < 1.29 is 4.74 Å². The standard InChI is InChI=1S/C6H12OSi/c1-4-7-5-6-8(2)3/h8H,4H2,1-3H3. The fourth-order valence-corrected chi connectivity index (χ4v) is 0.551. The summed E-state index contributed by atoms with van der Waals surface area (Å²) in [4.78, 5) is 0. The summed E-state index contributed by atoms with van der Waals surface area (Å²) in [7, 11) is -0.688. The van der Waals surface area contributed by atoms with Crippen LogP contribution in [0.5, 0.6) is 0 Å². The predicted octanol–water partition coefficient (Wildman–Crippen LogP) is 1.01. The number of rotatable bonds is 1. The van der Waals surface area contributed by atoms with E-state index in [0.717, 1.165) is 0 Å². The molecule has 0 aromatic heterocycles. The lowest BCUT2D eigenvalue weighted by molar-refractivity contribution is 0.299. The van der Waals surface area contributed by atoms with Crippen molar-refractivity contribution in [2.24, 2.45) is 0 Å². The van der Waals surface area contributed by atoms with Gasteiger partial charge in [0.15, 0.2) is 0 Å². The molecule has 0 unspecified atom stereocenters. The Morgan fingerprint density at radius 1 is 1.50 bits per heavy atom. The Labute approximate surface area is 52.7 Å². The largest absolute Gasteiger partial charge is 0.447 e. The first-order chi connectivity index (χ1) is 3.77. The van der Waals surface area contributed by atoms with E-state index in [1.54, 1.807) is 0 Å². The Morgan fingerprint density at radius 3 is 2.50 bits per heavy atom. The highest BCUT2D eigenvalue weighted by atomic mass is 28.3. The molecule has 1 nitrogen and oxygen atoms in total. The van der Waals surface area contributed by atoms with E-state index in [4.69, 9.17) is 4.74 Å². The van der Waals surface area contributed by atoms with Gasteiger partial charge in [0.25, 0.3) is 0 Å². The van der Waals surface area contributed by atoms with Crippen LogP contribution in [0.2, 0.25) is 13.1 Å². The summed E-state index contributed by atoms with van der Waals surface area (Å²) in [6.45, 7) is 6.99. The first-order valence-electron chi connectivity index (χ1n) is 2.89. The zero-order chi connectivity index (χ0) is 6.41. The third kappa shape index (κ3) is 5.58. The minimum atomic E-state index is -0.688. The van der Waals surface area contributed by atoms with Crippen molar-refractivity contribution in [3.8, 4) is 11.7 Å². The van der Waals surface area contributed by atoms with Crippen LogP contribution < -0.4 is 0 Å². The summed E-state index contributed by atoms with van der Waals surface area (Å²) in [6.07, 6.45) is 2.65. The van der Waals surface area contributed by atoms with Gasteiger partial charge in [0.2, 0.25) is 0 Å². The lowest BCUT2D eigenvalue weighted by Gasteiger charge is -1.86. The monoisotopic (exact) mass is 128 g/mol. The molecule has 0 atom stereocenters. The molecule has 0 aliphatic rings. The van der Waals surface area contributed by atoms with Crippen LogP contribution in [0.15, 0.2) is 0 Å². The topological polar surface area (TPSA) is 9.23 Å². The lowest BCUT2D eigenvalue weighted by atomic mass is 10.9. The van der Waals surface area contributed by atoms with E-state index < -0.39 is 8.80 Å². The van der Waals surface area contributed by atoms with Crippen molar-refractivity contribution in [2.75, 3.05) is 6.61 Å².